The minimum Gasteiger partial charge on any atom is -0.396 e. The van der Waals surface area contributed by atoms with Crippen LogP contribution in [-0.4, -0.2) is 19.7 Å². The van der Waals surface area contributed by atoms with Gasteiger partial charge in [-0.2, -0.15) is 5.10 Å². The first kappa shape index (κ1) is 7.97. The van der Waals surface area contributed by atoms with Gasteiger partial charge in [-0.25, -0.2) is 4.98 Å². The fourth-order valence-electron chi connectivity index (χ4n) is 1.24. The van der Waals surface area contributed by atoms with Gasteiger partial charge >= 0.3 is 0 Å². The van der Waals surface area contributed by atoms with Crippen molar-refractivity contribution in [2.75, 3.05) is 5.73 Å². The van der Waals surface area contributed by atoms with Gasteiger partial charge in [-0.1, -0.05) is 0 Å². The number of nitrogens with zero attached hydrogens (tertiary/aromatic N) is 4. The highest BCUT2D eigenvalue weighted by Gasteiger charge is 2.08. The Morgan fingerprint density at radius 2 is 2.23 bits per heavy atom. The van der Waals surface area contributed by atoms with Gasteiger partial charge in [0.1, 0.15) is 5.52 Å². The molecule has 2 aromatic heterocycles. The minimum atomic E-state index is 0.320. The number of fused-ring (bicyclic) bond motifs is 1. The van der Waals surface area contributed by atoms with Crippen LogP contribution in [0.15, 0.2) is 12.5 Å². The zero-order valence-corrected chi connectivity index (χ0v) is 7.60. The lowest BCUT2D eigenvalue weighted by molar-refractivity contribution is 0.610. The number of nitrogen functional groups attached to an aromatic ring is 1. The molecule has 2 N–H and O–H groups in total. The monoisotopic (exact) mass is 177 g/mol. The highest BCUT2D eigenvalue weighted by atomic mass is 15.2. The van der Waals surface area contributed by atoms with Crippen LogP contribution in [0.2, 0.25) is 0 Å². The molecule has 0 radical (unpaired) electrons. The minimum absolute atomic E-state index is 0.320. The molecule has 0 amide bonds. The van der Waals surface area contributed by atoms with Crippen LogP contribution < -0.4 is 5.73 Å². The van der Waals surface area contributed by atoms with Gasteiger partial charge in [0.2, 0.25) is 0 Å². The van der Waals surface area contributed by atoms with Gasteiger partial charge in [0.25, 0.3) is 0 Å². The molecule has 5 heteroatoms. The van der Waals surface area contributed by atoms with Gasteiger partial charge in [0.05, 0.1) is 18.2 Å². The summed E-state index contributed by atoms with van der Waals surface area (Å²) in [5.74, 6) is 0. The van der Waals surface area contributed by atoms with Gasteiger partial charge in [0, 0.05) is 6.04 Å². The van der Waals surface area contributed by atoms with Gasteiger partial charge in [0.15, 0.2) is 5.65 Å². The number of nitrogens with two attached hydrogens (primary N) is 1. The number of imidazole rings is 1. The van der Waals surface area contributed by atoms with E-state index in [1.807, 2.05) is 4.57 Å². The summed E-state index contributed by atoms with van der Waals surface area (Å²) in [6, 6.07) is 0.320. The summed E-state index contributed by atoms with van der Waals surface area (Å²) < 4.78 is 1.94. The van der Waals surface area contributed by atoms with Crippen LogP contribution in [0.3, 0.4) is 0 Å². The molecular weight excluding hydrogens is 166 g/mol. The molecule has 2 aromatic rings. The number of anilines is 1. The molecule has 0 atom stereocenters. The normalized spacial score (nSPS) is 11.3. The summed E-state index contributed by atoms with van der Waals surface area (Å²) in [4.78, 5) is 4.17. The second kappa shape index (κ2) is 2.69. The quantitative estimate of drug-likeness (QED) is 0.705. The molecule has 0 saturated heterocycles. The van der Waals surface area contributed by atoms with Gasteiger partial charge in [-0.15, -0.1) is 5.10 Å². The molecule has 5 nitrogen and oxygen atoms in total. The fraction of sp³-hybridized carbons (Fsp3) is 0.375. The van der Waals surface area contributed by atoms with Crippen molar-refractivity contribution in [1.29, 1.82) is 0 Å². The molecule has 0 saturated carbocycles. The molecule has 0 bridgehead atoms. The van der Waals surface area contributed by atoms with E-state index in [0.717, 1.165) is 11.2 Å². The molecule has 0 aromatic carbocycles. The predicted molar refractivity (Wildman–Crippen MR) is 50.1 cm³/mol. The number of aromatic nitrogens is 4. The number of hydrogen-bond acceptors (Lipinski definition) is 4. The topological polar surface area (TPSA) is 69.6 Å². The molecule has 2 heterocycles. The lowest BCUT2D eigenvalue weighted by Gasteiger charge is -2.05. The highest BCUT2D eigenvalue weighted by Crippen LogP contribution is 2.18. The molecule has 0 aliphatic carbocycles. The summed E-state index contributed by atoms with van der Waals surface area (Å²) in [5.41, 5.74) is 7.74. The van der Waals surface area contributed by atoms with E-state index in [1.165, 1.54) is 6.20 Å². The van der Waals surface area contributed by atoms with Crippen molar-refractivity contribution in [3.8, 4) is 0 Å². The average Bonchev–Trinajstić information content (AvgIpc) is 2.48. The fourth-order valence-corrected chi connectivity index (χ4v) is 1.24. The first-order chi connectivity index (χ1) is 6.20. The maximum absolute atomic E-state index is 5.69. The number of rotatable bonds is 1. The molecule has 68 valence electrons. The molecule has 13 heavy (non-hydrogen) atoms. The zero-order valence-electron chi connectivity index (χ0n) is 7.60. The van der Waals surface area contributed by atoms with Crippen molar-refractivity contribution in [2.24, 2.45) is 0 Å². The largest absolute Gasteiger partial charge is 0.396 e. The van der Waals surface area contributed by atoms with Crippen molar-refractivity contribution in [3.63, 3.8) is 0 Å². The van der Waals surface area contributed by atoms with E-state index in [4.69, 9.17) is 5.73 Å². The zero-order chi connectivity index (χ0) is 9.42. The summed E-state index contributed by atoms with van der Waals surface area (Å²) in [5, 5.41) is 7.79. The van der Waals surface area contributed by atoms with E-state index in [9.17, 15) is 0 Å². The molecule has 2 rings (SSSR count). The first-order valence-corrected chi connectivity index (χ1v) is 4.14. The lowest BCUT2D eigenvalue weighted by atomic mass is 10.4. The SMILES string of the molecule is CC(C)n1cnc2c(N)cnnc21. The molecule has 0 fully saturated rings. The molecular formula is C8H11N5. The maximum atomic E-state index is 5.69. The molecule has 0 unspecified atom stereocenters. The third-order valence-corrected chi connectivity index (χ3v) is 1.95. The van der Waals surface area contributed by atoms with Crippen molar-refractivity contribution < 1.29 is 0 Å². The van der Waals surface area contributed by atoms with Crippen LogP contribution in [-0.2, 0) is 0 Å². The Labute approximate surface area is 75.6 Å². The van der Waals surface area contributed by atoms with E-state index >= 15 is 0 Å². The Morgan fingerprint density at radius 3 is 2.92 bits per heavy atom. The van der Waals surface area contributed by atoms with Crippen molar-refractivity contribution in [2.45, 2.75) is 19.9 Å². The van der Waals surface area contributed by atoms with Crippen LogP contribution in [0, 0.1) is 0 Å². The first-order valence-electron chi connectivity index (χ1n) is 4.14. The Morgan fingerprint density at radius 1 is 1.46 bits per heavy atom. The maximum Gasteiger partial charge on any atom is 0.184 e. The van der Waals surface area contributed by atoms with Crippen molar-refractivity contribution in [3.05, 3.63) is 12.5 Å². The van der Waals surface area contributed by atoms with Crippen LogP contribution in [0.1, 0.15) is 19.9 Å². The third kappa shape index (κ3) is 1.12. The third-order valence-electron chi connectivity index (χ3n) is 1.95. The molecule has 0 aliphatic rings. The van der Waals surface area contributed by atoms with Crippen LogP contribution in [0.5, 0.6) is 0 Å². The summed E-state index contributed by atoms with van der Waals surface area (Å²) in [6.45, 7) is 4.12. The van der Waals surface area contributed by atoms with Crippen molar-refractivity contribution in [1.82, 2.24) is 19.7 Å². The Kier molecular flexibility index (Phi) is 1.65. The van der Waals surface area contributed by atoms with Crippen LogP contribution in [0.25, 0.3) is 11.2 Å². The van der Waals surface area contributed by atoms with E-state index in [0.29, 0.717) is 11.7 Å². The summed E-state index contributed by atoms with van der Waals surface area (Å²) in [7, 11) is 0. The number of hydrogen-bond donors (Lipinski definition) is 1. The van der Waals surface area contributed by atoms with Crippen LogP contribution >= 0.6 is 0 Å². The smallest absolute Gasteiger partial charge is 0.184 e. The molecule has 0 aliphatic heterocycles. The van der Waals surface area contributed by atoms with E-state index in [1.54, 1.807) is 6.33 Å². The van der Waals surface area contributed by atoms with E-state index < -0.39 is 0 Å². The van der Waals surface area contributed by atoms with Gasteiger partial charge < -0.3 is 10.3 Å². The Hall–Kier alpha value is -1.65. The Balaban J connectivity index is 2.75. The summed E-state index contributed by atoms with van der Waals surface area (Å²) >= 11 is 0. The standard InChI is InChI=1S/C8H11N5/c1-5(2)13-4-10-7-6(9)3-11-12-8(7)13/h3-5H,1-2H3,(H2,9,12). The highest BCUT2D eigenvalue weighted by molar-refractivity contribution is 5.82. The second-order valence-corrected chi connectivity index (χ2v) is 3.22. The summed E-state index contributed by atoms with van der Waals surface area (Å²) in [6.07, 6.45) is 3.25. The van der Waals surface area contributed by atoms with Gasteiger partial charge in [-0.05, 0) is 13.8 Å². The Bertz CT molecular complexity index is 431. The lowest BCUT2D eigenvalue weighted by Crippen LogP contribution is -2.01. The second-order valence-electron chi connectivity index (χ2n) is 3.22. The van der Waals surface area contributed by atoms with E-state index in [2.05, 4.69) is 29.0 Å². The van der Waals surface area contributed by atoms with Crippen molar-refractivity contribution >= 4 is 16.9 Å². The average molecular weight is 177 g/mol. The molecule has 0 spiro atoms. The van der Waals surface area contributed by atoms with Crippen LogP contribution in [0.4, 0.5) is 5.69 Å². The predicted octanol–water partition coefficient (Wildman–Crippen LogP) is 0.989. The van der Waals surface area contributed by atoms with E-state index in [-0.39, 0.29) is 0 Å². The van der Waals surface area contributed by atoms with Gasteiger partial charge in [-0.3, -0.25) is 0 Å².